The van der Waals surface area contributed by atoms with Crippen LogP contribution in [0.25, 0.3) is 0 Å². The molecule has 1 aromatic heterocycles. The summed E-state index contributed by atoms with van der Waals surface area (Å²) in [5.41, 5.74) is 1.02. The van der Waals surface area contributed by atoms with Gasteiger partial charge in [0.15, 0.2) is 6.10 Å². The number of hydrogen-bond donors (Lipinski definition) is 1. The summed E-state index contributed by atoms with van der Waals surface area (Å²) in [6.45, 7) is 1.41. The normalized spacial score (nSPS) is 14.9. The number of amides is 1. The van der Waals surface area contributed by atoms with E-state index in [1.165, 1.54) is 35.1 Å². The zero-order chi connectivity index (χ0) is 18.7. The van der Waals surface area contributed by atoms with Crippen molar-refractivity contribution < 1.29 is 23.1 Å². The predicted octanol–water partition coefficient (Wildman–Crippen LogP) is 4.48. The quantitative estimate of drug-likeness (QED) is 0.629. The first kappa shape index (κ1) is 18.5. The topological polar surface area (TPSA) is 55.4 Å². The molecule has 0 saturated carbocycles. The van der Waals surface area contributed by atoms with Crippen molar-refractivity contribution in [3.8, 4) is 0 Å². The number of carbonyl (C=O) groups excluding carboxylic acids is 2. The van der Waals surface area contributed by atoms with E-state index < -0.39 is 29.6 Å². The van der Waals surface area contributed by atoms with Gasteiger partial charge < -0.3 is 10.1 Å². The van der Waals surface area contributed by atoms with E-state index in [4.69, 9.17) is 4.74 Å². The summed E-state index contributed by atoms with van der Waals surface area (Å²) in [4.78, 5) is 26.1. The van der Waals surface area contributed by atoms with Crippen LogP contribution in [0.2, 0.25) is 0 Å². The number of benzene rings is 1. The summed E-state index contributed by atoms with van der Waals surface area (Å²) in [5.74, 6) is -2.87. The van der Waals surface area contributed by atoms with Crippen LogP contribution in [0.3, 0.4) is 0 Å². The number of hydrogen-bond acceptors (Lipinski definition) is 4. The second-order valence-electron chi connectivity index (χ2n) is 6.28. The number of ether oxygens (including phenoxy) is 1. The van der Waals surface area contributed by atoms with E-state index in [0.29, 0.717) is 10.9 Å². The van der Waals surface area contributed by atoms with Crippen LogP contribution in [-0.2, 0) is 22.4 Å². The Morgan fingerprint density at radius 3 is 2.69 bits per heavy atom. The zero-order valence-corrected chi connectivity index (χ0v) is 15.1. The van der Waals surface area contributed by atoms with Gasteiger partial charge in [-0.25, -0.2) is 13.6 Å². The van der Waals surface area contributed by atoms with Crippen molar-refractivity contribution in [3.63, 3.8) is 0 Å². The van der Waals surface area contributed by atoms with Gasteiger partial charge in [-0.15, -0.1) is 11.3 Å². The van der Waals surface area contributed by atoms with Crippen molar-refractivity contribution >= 4 is 28.9 Å². The average molecular weight is 379 g/mol. The van der Waals surface area contributed by atoms with Gasteiger partial charge in [0, 0.05) is 10.9 Å². The molecule has 4 nitrogen and oxygen atoms in total. The van der Waals surface area contributed by atoms with Crippen LogP contribution in [-0.4, -0.2) is 18.0 Å². The number of carbonyl (C=O) groups is 2. The molecule has 0 fully saturated rings. The predicted molar refractivity (Wildman–Crippen MR) is 95.4 cm³/mol. The third-order valence-electron chi connectivity index (χ3n) is 4.29. The van der Waals surface area contributed by atoms with E-state index in [1.54, 1.807) is 0 Å². The molecule has 1 amide bonds. The minimum Gasteiger partial charge on any atom is -0.448 e. The largest absolute Gasteiger partial charge is 0.448 e. The van der Waals surface area contributed by atoms with Gasteiger partial charge >= 0.3 is 5.97 Å². The monoisotopic (exact) mass is 379 g/mol. The molecule has 0 radical (unpaired) electrons. The van der Waals surface area contributed by atoms with Crippen LogP contribution in [0.4, 0.5) is 14.5 Å². The first-order chi connectivity index (χ1) is 12.4. The van der Waals surface area contributed by atoms with Crippen molar-refractivity contribution in [2.75, 3.05) is 5.32 Å². The SMILES string of the molecule is C[C@@H](OC(=O)c1cc2c(s1)CCCCC2)C(=O)Nc1ccc(F)cc1F. The molecule has 138 valence electrons. The molecule has 1 aromatic carbocycles. The highest BCUT2D eigenvalue weighted by molar-refractivity contribution is 7.14. The first-order valence-electron chi connectivity index (χ1n) is 8.52. The fourth-order valence-electron chi connectivity index (χ4n) is 2.87. The molecule has 0 aliphatic heterocycles. The smallest absolute Gasteiger partial charge is 0.349 e. The fraction of sp³-hybridized carbons (Fsp3) is 0.368. The van der Waals surface area contributed by atoms with Gasteiger partial charge in [0.05, 0.1) is 5.69 Å². The average Bonchev–Trinajstić information content (AvgIpc) is 2.88. The number of anilines is 1. The number of esters is 1. The molecule has 1 aliphatic carbocycles. The van der Waals surface area contributed by atoms with Gasteiger partial charge in [-0.2, -0.15) is 0 Å². The second-order valence-corrected chi connectivity index (χ2v) is 7.42. The van der Waals surface area contributed by atoms with E-state index in [1.807, 2.05) is 6.07 Å². The summed E-state index contributed by atoms with van der Waals surface area (Å²) in [6.07, 6.45) is 4.24. The van der Waals surface area contributed by atoms with Crippen molar-refractivity contribution in [3.05, 3.63) is 51.2 Å². The molecular formula is C19H19F2NO3S. The van der Waals surface area contributed by atoms with Crippen LogP contribution in [0.1, 0.15) is 46.3 Å². The lowest BCUT2D eigenvalue weighted by Gasteiger charge is -2.13. The van der Waals surface area contributed by atoms with Crippen molar-refractivity contribution in [1.29, 1.82) is 0 Å². The lowest BCUT2D eigenvalue weighted by molar-refractivity contribution is -0.123. The lowest BCUT2D eigenvalue weighted by Crippen LogP contribution is -2.30. The third kappa shape index (κ3) is 4.27. The van der Waals surface area contributed by atoms with Crippen LogP contribution in [0.15, 0.2) is 24.3 Å². The molecule has 3 rings (SSSR count). The van der Waals surface area contributed by atoms with E-state index in [-0.39, 0.29) is 5.69 Å². The molecule has 0 bridgehead atoms. The highest BCUT2D eigenvalue weighted by Gasteiger charge is 2.23. The summed E-state index contributed by atoms with van der Waals surface area (Å²) in [7, 11) is 0. The first-order valence-corrected chi connectivity index (χ1v) is 9.34. The molecule has 1 atom stereocenters. The fourth-order valence-corrected chi connectivity index (χ4v) is 4.00. The van der Waals surface area contributed by atoms with Crippen molar-refractivity contribution in [2.45, 2.75) is 45.1 Å². The van der Waals surface area contributed by atoms with E-state index in [0.717, 1.165) is 37.8 Å². The molecule has 1 N–H and O–H groups in total. The Labute approximate surface area is 154 Å². The number of aryl methyl sites for hydroxylation is 2. The summed E-state index contributed by atoms with van der Waals surface area (Å²) >= 11 is 1.41. The number of rotatable bonds is 4. The molecule has 2 aromatic rings. The maximum Gasteiger partial charge on any atom is 0.349 e. The lowest BCUT2D eigenvalue weighted by atomic mass is 10.1. The van der Waals surface area contributed by atoms with E-state index >= 15 is 0 Å². The Bertz CT molecular complexity index is 811. The number of halogens is 2. The minimum atomic E-state index is -1.10. The Morgan fingerprint density at radius 2 is 1.92 bits per heavy atom. The summed E-state index contributed by atoms with van der Waals surface area (Å²) < 4.78 is 31.7. The molecule has 1 aliphatic rings. The number of fused-ring (bicyclic) bond motifs is 1. The molecule has 7 heteroatoms. The summed E-state index contributed by atoms with van der Waals surface area (Å²) in [5, 5.41) is 2.30. The van der Waals surface area contributed by atoms with Crippen LogP contribution in [0.5, 0.6) is 0 Å². The highest BCUT2D eigenvalue weighted by Crippen LogP contribution is 2.29. The van der Waals surface area contributed by atoms with Gasteiger partial charge in [-0.3, -0.25) is 4.79 Å². The minimum absolute atomic E-state index is 0.165. The van der Waals surface area contributed by atoms with Crippen LogP contribution >= 0.6 is 11.3 Å². The number of thiophene rings is 1. The van der Waals surface area contributed by atoms with Crippen molar-refractivity contribution in [1.82, 2.24) is 0 Å². The van der Waals surface area contributed by atoms with Gasteiger partial charge in [0.2, 0.25) is 0 Å². The molecule has 0 unspecified atom stereocenters. The van der Waals surface area contributed by atoms with Crippen LogP contribution in [0, 0.1) is 11.6 Å². The van der Waals surface area contributed by atoms with Gasteiger partial charge in [0.1, 0.15) is 16.5 Å². The third-order valence-corrected chi connectivity index (χ3v) is 5.51. The standard InChI is InChI=1S/C19H19F2NO3S/c1-11(18(23)22-15-8-7-13(20)10-14(15)21)25-19(24)17-9-12-5-3-2-4-6-16(12)26-17/h7-11H,2-6H2,1H3,(H,22,23)/t11-/m1/s1. The molecular weight excluding hydrogens is 360 g/mol. The molecule has 1 heterocycles. The molecule has 0 saturated heterocycles. The maximum absolute atomic E-state index is 13.6. The Kier molecular flexibility index (Phi) is 5.66. The van der Waals surface area contributed by atoms with Crippen LogP contribution < -0.4 is 5.32 Å². The van der Waals surface area contributed by atoms with Gasteiger partial charge in [-0.1, -0.05) is 6.42 Å². The van der Waals surface area contributed by atoms with Gasteiger partial charge in [0.25, 0.3) is 5.91 Å². The Morgan fingerprint density at radius 1 is 1.15 bits per heavy atom. The van der Waals surface area contributed by atoms with Crippen molar-refractivity contribution in [2.24, 2.45) is 0 Å². The number of nitrogens with one attached hydrogen (secondary N) is 1. The zero-order valence-electron chi connectivity index (χ0n) is 14.3. The van der Waals surface area contributed by atoms with Gasteiger partial charge in [-0.05, 0) is 56.4 Å². The summed E-state index contributed by atoms with van der Waals surface area (Å²) in [6, 6.07) is 4.67. The molecule has 26 heavy (non-hydrogen) atoms. The maximum atomic E-state index is 13.6. The Hall–Kier alpha value is -2.28. The highest BCUT2D eigenvalue weighted by atomic mass is 32.1. The molecule has 0 spiro atoms. The van der Waals surface area contributed by atoms with E-state index in [2.05, 4.69) is 5.32 Å². The Balaban J connectivity index is 1.62. The second kappa shape index (κ2) is 7.95. The van der Waals surface area contributed by atoms with E-state index in [9.17, 15) is 18.4 Å².